The summed E-state index contributed by atoms with van der Waals surface area (Å²) in [5.41, 5.74) is 10.5. The van der Waals surface area contributed by atoms with Crippen LogP contribution < -0.4 is 5.73 Å². The maximum atomic E-state index is 11.3. The number of carboxylic acids is 1. The van der Waals surface area contributed by atoms with Gasteiger partial charge in [0, 0.05) is 39.8 Å². The summed E-state index contributed by atoms with van der Waals surface area (Å²) in [6.07, 6.45) is 6.42. The van der Waals surface area contributed by atoms with Gasteiger partial charge in [-0.15, -0.1) is 0 Å². The summed E-state index contributed by atoms with van der Waals surface area (Å²) in [6, 6.07) is 9.43. The first-order valence-electron chi connectivity index (χ1n) is 9.93. The molecule has 0 amide bonds. The zero-order valence-corrected chi connectivity index (χ0v) is 16.9. The lowest BCUT2D eigenvalue weighted by Gasteiger charge is -2.25. The molecule has 3 N–H and O–H groups in total. The lowest BCUT2D eigenvalue weighted by Crippen LogP contribution is -2.21. The van der Waals surface area contributed by atoms with E-state index in [4.69, 9.17) is 22.3 Å². The summed E-state index contributed by atoms with van der Waals surface area (Å²) in [5.74, 6) is -0.256. The molecule has 8 heteroatoms. The van der Waals surface area contributed by atoms with Crippen molar-refractivity contribution in [3.8, 4) is 11.1 Å². The lowest BCUT2D eigenvalue weighted by atomic mass is 9.80. The second kappa shape index (κ2) is 7.25. The van der Waals surface area contributed by atoms with Gasteiger partial charge < -0.3 is 10.8 Å². The molecule has 1 aliphatic carbocycles. The van der Waals surface area contributed by atoms with Gasteiger partial charge in [0.1, 0.15) is 5.82 Å². The number of aliphatic carboxylic acids is 1. The van der Waals surface area contributed by atoms with Crippen LogP contribution in [0, 0.1) is 5.92 Å². The van der Waals surface area contributed by atoms with E-state index in [-0.39, 0.29) is 11.8 Å². The summed E-state index contributed by atoms with van der Waals surface area (Å²) in [5, 5.41) is 15.3. The molecule has 3 aromatic heterocycles. The molecule has 4 aromatic rings. The first kappa shape index (κ1) is 18.8. The molecule has 0 aliphatic heterocycles. The summed E-state index contributed by atoms with van der Waals surface area (Å²) >= 11 is 6.13. The number of rotatable bonds is 3. The predicted octanol–water partition coefficient (Wildman–Crippen LogP) is 4.54. The number of nitrogens with zero attached hydrogens (tertiary/aromatic N) is 4. The molecule has 0 unspecified atom stereocenters. The number of carbonyl (C=O) groups is 1. The summed E-state index contributed by atoms with van der Waals surface area (Å²) in [4.78, 5) is 20.6. The van der Waals surface area contributed by atoms with E-state index in [2.05, 4.69) is 10.1 Å². The van der Waals surface area contributed by atoms with E-state index in [0.29, 0.717) is 29.3 Å². The first-order chi connectivity index (χ1) is 14.5. The molecule has 3 heterocycles. The van der Waals surface area contributed by atoms with Crippen LogP contribution >= 0.6 is 11.6 Å². The highest BCUT2D eigenvalue weighted by Crippen LogP contribution is 2.37. The van der Waals surface area contributed by atoms with Gasteiger partial charge in [-0.05, 0) is 49.4 Å². The standard InChI is InChI=1S/C22H20ClN5O2/c23-14-5-6-16-15(7-8-25-19(16)9-14)17-11-26-28-20(24)10-18(27-21(17)28)12-1-3-13(4-2-12)22(29)30/h5-13H,1-4,24H2,(H,29,30). The zero-order chi connectivity index (χ0) is 20.8. The fraction of sp³-hybridized carbons (Fsp3) is 0.273. The van der Waals surface area contributed by atoms with Crippen molar-refractivity contribution in [3.05, 3.63) is 53.4 Å². The first-order valence-corrected chi connectivity index (χ1v) is 10.3. The van der Waals surface area contributed by atoms with E-state index in [1.165, 1.54) is 0 Å². The molecule has 152 valence electrons. The van der Waals surface area contributed by atoms with Crippen LogP contribution in [0.4, 0.5) is 5.82 Å². The molecule has 7 nitrogen and oxygen atoms in total. The van der Waals surface area contributed by atoms with E-state index in [9.17, 15) is 9.90 Å². The van der Waals surface area contributed by atoms with Crippen molar-refractivity contribution in [1.82, 2.24) is 19.6 Å². The summed E-state index contributed by atoms with van der Waals surface area (Å²) in [6.45, 7) is 0. The second-order valence-corrected chi connectivity index (χ2v) is 8.24. The van der Waals surface area contributed by atoms with Crippen molar-refractivity contribution in [2.24, 2.45) is 5.92 Å². The number of nitrogens with two attached hydrogens (primary N) is 1. The van der Waals surface area contributed by atoms with Crippen LogP contribution in [0.5, 0.6) is 0 Å². The van der Waals surface area contributed by atoms with Crippen LogP contribution in [-0.4, -0.2) is 30.7 Å². The van der Waals surface area contributed by atoms with Gasteiger partial charge in [-0.25, -0.2) is 4.98 Å². The van der Waals surface area contributed by atoms with Crippen molar-refractivity contribution in [1.29, 1.82) is 0 Å². The summed E-state index contributed by atoms with van der Waals surface area (Å²) < 4.78 is 1.64. The number of carboxylic acid groups (broad SMARTS) is 1. The maximum absolute atomic E-state index is 11.3. The van der Waals surface area contributed by atoms with Gasteiger partial charge in [0.2, 0.25) is 0 Å². The number of benzene rings is 1. The zero-order valence-electron chi connectivity index (χ0n) is 16.1. The molecule has 0 bridgehead atoms. The normalized spacial score (nSPS) is 19.4. The maximum Gasteiger partial charge on any atom is 0.306 e. The van der Waals surface area contributed by atoms with Gasteiger partial charge in [-0.3, -0.25) is 9.78 Å². The Morgan fingerprint density at radius 3 is 2.70 bits per heavy atom. The molecule has 1 aliphatic rings. The Morgan fingerprint density at radius 2 is 1.93 bits per heavy atom. The van der Waals surface area contributed by atoms with Crippen molar-refractivity contribution in [2.45, 2.75) is 31.6 Å². The fourth-order valence-electron chi connectivity index (χ4n) is 4.40. The van der Waals surface area contributed by atoms with Gasteiger partial charge in [0.05, 0.1) is 17.6 Å². The third-order valence-corrected chi connectivity index (χ3v) is 6.24. The van der Waals surface area contributed by atoms with Crippen LogP contribution in [0.2, 0.25) is 5.02 Å². The highest BCUT2D eigenvalue weighted by molar-refractivity contribution is 6.31. The Bertz CT molecular complexity index is 1280. The topological polar surface area (TPSA) is 106 Å². The number of hydrogen-bond donors (Lipinski definition) is 2. The van der Waals surface area contributed by atoms with Crippen LogP contribution in [0.15, 0.2) is 42.7 Å². The Morgan fingerprint density at radius 1 is 1.13 bits per heavy atom. The van der Waals surface area contributed by atoms with Crippen LogP contribution in [0.1, 0.15) is 37.3 Å². The third kappa shape index (κ3) is 3.15. The molecular weight excluding hydrogens is 402 g/mol. The van der Waals surface area contributed by atoms with E-state index < -0.39 is 5.97 Å². The van der Waals surface area contributed by atoms with Crippen molar-refractivity contribution >= 4 is 39.9 Å². The van der Waals surface area contributed by atoms with Gasteiger partial charge in [-0.1, -0.05) is 17.7 Å². The molecular formula is C22H20ClN5O2. The molecule has 0 radical (unpaired) electrons. The van der Waals surface area contributed by atoms with Crippen molar-refractivity contribution in [2.75, 3.05) is 5.73 Å². The summed E-state index contributed by atoms with van der Waals surface area (Å²) in [7, 11) is 0. The molecule has 1 saturated carbocycles. The highest BCUT2D eigenvalue weighted by atomic mass is 35.5. The average Bonchev–Trinajstić information content (AvgIpc) is 3.17. The minimum atomic E-state index is -0.709. The number of aromatic nitrogens is 4. The Hall–Kier alpha value is -3.19. The van der Waals surface area contributed by atoms with E-state index in [1.54, 1.807) is 16.9 Å². The Kier molecular flexibility index (Phi) is 4.55. The smallest absolute Gasteiger partial charge is 0.306 e. The second-order valence-electron chi connectivity index (χ2n) is 7.81. The van der Waals surface area contributed by atoms with E-state index in [0.717, 1.165) is 40.6 Å². The Balaban J connectivity index is 1.60. The lowest BCUT2D eigenvalue weighted by molar-refractivity contribution is -0.142. The molecule has 1 aromatic carbocycles. The number of nitrogen functional groups attached to an aromatic ring is 1. The molecule has 0 atom stereocenters. The fourth-order valence-corrected chi connectivity index (χ4v) is 4.56. The number of fused-ring (bicyclic) bond motifs is 2. The number of anilines is 1. The van der Waals surface area contributed by atoms with Gasteiger partial charge in [-0.2, -0.15) is 9.61 Å². The van der Waals surface area contributed by atoms with E-state index >= 15 is 0 Å². The quantitative estimate of drug-likeness (QED) is 0.503. The van der Waals surface area contributed by atoms with Crippen LogP contribution in [0.25, 0.3) is 27.7 Å². The van der Waals surface area contributed by atoms with E-state index in [1.807, 2.05) is 30.3 Å². The molecule has 5 rings (SSSR count). The molecule has 0 spiro atoms. The highest BCUT2D eigenvalue weighted by Gasteiger charge is 2.28. The number of hydrogen-bond acceptors (Lipinski definition) is 5. The van der Waals surface area contributed by atoms with Crippen molar-refractivity contribution < 1.29 is 9.90 Å². The van der Waals surface area contributed by atoms with Gasteiger partial charge in [0.15, 0.2) is 5.65 Å². The minimum absolute atomic E-state index is 0.198. The minimum Gasteiger partial charge on any atom is -0.481 e. The number of pyridine rings is 1. The third-order valence-electron chi connectivity index (χ3n) is 6.01. The van der Waals surface area contributed by atoms with Crippen LogP contribution in [0.3, 0.4) is 0 Å². The SMILES string of the molecule is Nc1cc(C2CCC(C(=O)O)CC2)nc2c(-c3ccnc4cc(Cl)ccc34)cnn12. The molecule has 1 fully saturated rings. The largest absolute Gasteiger partial charge is 0.481 e. The van der Waals surface area contributed by atoms with Gasteiger partial charge >= 0.3 is 5.97 Å². The average molecular weight is 422 g/mol. The molecule has 30 heavy (non-hydrogen) atoms. The monoisotopic (exact) mass is 421 g/mol. The Labute approximate surface area is 177 Å². The van der Waals surface area contributed by atoms with Gasteiger partial charge in [0.25, 0.3) is 0 Å². The van der Waals surface area contributed by atoms with Crippen LogP contribution in [-0.2, 0) is 4.79 Å². The predicted molar refractivity (Wildman–Crippen MR) is 115 cm³/mol. The van der Waals surface area contributed by atoms with Crippen molar-refractivity contribution in [3.63, 3.8) is 0 Å². The molecule has 0 saturated heterocycles. The number of halogens is 1.